The van der Waals surface area contributed by atoms with Crippen molar-refractivity contribution in [2.24, 2.45) is 0 Å². The standard InChI is InChI=1S/C10H15Br2N3O/c1-3-14(4-2)5-6-15-10(16)9(12)8(11)7-13-15/h7H,3-6H2,1-2H3. The van der Waals surface area contributed by atoms with E-state index in [0.717, 1.165) is 19.6 Å². The topological polar surface area (TPSA) is 38.1 Å². The molecule has 0 radical (unpaired) electrons. The maximum atomic E-state index is 11.8. The summed E-state index contributed by atoms with van der Waals surface area (Å²) in [7, 11) is 0. The van der Waals surface area contributed by atoms with Crippen LogP contribution >= 0.6 is 31.9 Å². The van der Waals surface area contributed by atoms with Crippen molar-refractivity contribution in [2.75, 3.05) is 19.6 Å². The summed E-state index contributed by atoms with van der Waals surface area (Å²) >= 11 is 6.49. The van der Waals surface area contributed by atoms with Crippen LogP contribution in [0.5, 0.6) is 0 Å². The highest BCUT2D eigenvalue weighted by molar-refractivity contribution is 9.13. The second kappa shape index (κ2) is 6.51. The molecule has 0 unspecified atom stereocenters. The molecule has 0 spiro atoms. The van der Waals surface area contributed by atoms with E-state index in [2.05, 4.69) is 55.7 Å². The molecule has 0 N–H and O–H groups in total. The Kier molecular flexibility index (Phi) is 5.64. The van der Waals surface area contributed by atoms with E-state index in [0.29, 0.717) is 15.5 Å². The number of hydrogen-bond acceptors (Lipinski definition) is 3. The minimum absolute atomic E-state index is 0.0958. The highest BCUT2D eigenvalue weighted by Crippen LogP contribution is 2.16. The average Bonchev–Trinajstić information content (AvgIpc) is 2.30. The zero-order valence-corrected chi connectivity index (χ0v) is 12.6. The Balaban J connectivity index is 2.75. The Morgan fingerprint density at radius 3 is 2.56 bits per heavy atom. The molecule has 0 aliphatic rings. The van der Waals surface area contributed by atoms with Gasteiger partial charge in [-0.05, 0) is 44.9 Å². The van der Waals surface area contributed by atoms with Crippen molar-refractivity contribution < 1.29 is 0 Å². The van der Waals surface area contributed by atoms with Crippen molar-refractivity contribution in [3.63, 3.8) is 0 Å². The van der Waals surface area contributed by atoms with Gasteiger partial charge in [-0.15, -0.1) is 0 Å². The summed E-state index contributed by atoms with van der Waals surface area (Å²) in [5.41, 5.74) is -0.0958. The summed E-state index contributed by atoms with van der Waals surface area (Å²) in [5.74, 6) is 0. The normalized spacial score (nSPS) is 11.1. The Hall–Kier alpha value is -0.200. The number of halogens is 2. The first-order valence-electron chi connectivity index (χ1n) is 5.23. The lowest BCUT2D eigenvalue weighted by Gasteiger charge is -2.17. The lowest BCUT2D eigenvalue weighted by Crippen LogP contribution is -2.32. The molecule has 0 aromatic carbocycles. The molecule has 0 fully saturated rings. The van der Waals surface area contributed by atoms with Crippen molar-refractivity contribution in [3.05, 3.63) is 25.5 Å². The number of aromatic nitrogens is 2. The van der Waals surface area contributed by atoms with Gasteiger partial charge in [0.25, 0.3) is 5.56 Å². The van der Waals surface area contributed by atoms with E-state index in [9.17, 15) is 4.79 Å². The fraction of sp³-hybridized carbons (Fsp3) is 0.600. The number of rotatable bonds is 5. The van der Waals surface area contributed by atoms with Crippen LogP contribution in [0, 0.1) is 0 Å². The lowest BCUT2D eigenvalue weighted by molar-refractivity contribution is 0.282. The van der Waals surface area contributed by atoms with Crippen molar-refractivity contribution in [3.8, 4) is 0 Å². The third-order valence-electron chi connectivity index (χ3n) is 2.46. The summed E-state index contributed by atoms with van der Waals surface area (Å²) in [4.78, 5) is 14.0. The van der Waals surface area contributed by atoms with Gasteiger partial charge in [0.1, 0.15) is 4.47 Å². The second-order valence-corrected chi connectivity index (χ2v) is 5.01. The predicted molar refractivity (Wildman–Crippen MR) is 71.7 cm³/mol. The summed E-state index contributed by atoms with van der Waals surface area (Å²) in [6.45, 7) is 7.65. The van der Waals surface area contributed by atoms with Crippen LogP contribution in [0.2, 0.25) is 0 Å². The highest BCUT2D eigenvalue weighted by atomic mass is 79.9. The molecule has 0 atom stereocenters. The predicted octanol–water partition coefficient (Wildman–Crippen LogP) is 2.11. The van der Waals surface area contributed by atoms with Gasteiger partial charge in [0.15, 0.2) is 0 Å². The quantitative estimate of drug-likeness (QED) is 0.814. The summed E-state index contributed by atoms with van der Waals surface area (Å²) in [5, 5.41) is 4.08. The molecule has 1 aromatic rings. The van der Waals surface area contributed by atoms with Gasteiger partial charge < -0.3 is 4.90 Å². The molecular weight excluding hydrogens is 338 g/mol. The summed E-state index contributed by atoms with van der Waals surface area (Å²) in [6.07, 6.45) is 1.63. The maximum absolute atomic E-state index is 11.8. The molecule has 16 heavy (non-hydrogen) atoms. The van der Waals surface area contributed by atoms with E-state index < -0.39 is 0 Å². The van der Waals surface area contributed by atoms with E-state index in [1.807, 2.05) is 0 Å². The van der Waals surface area contributed by atoms with Gasteiger partial charge in [-0.3, -0.25) is 4.79 Å². The van der Waals surface area contributed by atoms with Crippen LogP contribution in [-0.2, 0) is 6.54 Å². The number of likely N-dealkylation sites (N-methyl/N-ethyl adjacent to an activating group) is 1. The first-order chi connectivity index (χ1) is 7.60. The third kappa shape index (κ3) is 3.40. The molecule has 1 rings (SSSR count). The molecule has 90 valence electrons. The number of hydrogen-bond donors (Lipinski definition) is 0. The van der Waals surface area contributed by atoms with Gasteiger partial charge in [-0.1, -0.05) is 13.8 Å². The smallest absolute Gasteiger partial charge is 0.282 e. The highest BCUT2D eigenvalue weighted by Gasteiger charge is 2.07. The third-order valence-corrected chi connectivity index (χ3v) is 4.36. The van der Waals surface area contributed by atoms with Gasteiger partial charge in [0.2, 0.25) is 0 Å². The van der Waals surface area contributed by atoms with Crippen molar-refractivity contribution in [1.82, 2.24) is 14.7 Å². The second-order valence-electron chi connectivity index (χ2n) is 3.36. The molecule has 0 aliphatic heterocycles. The number of nitrogens with zero attached hydrogens (tertiary/aromatic N) is 3. The molecule has 6 heteroatoms. The molecule has 0 bridgehead atoms. The zero-order valence-electron chi connectivity index (χ0n) is 9.41. The first kappa shape index (κ1) is 13.9. The SMILES string of the molecule is CCN(CC)CCn1ncc(Br)c(Br)c1=O. The molecule has 1 aromatic heterocycles. The molecule has 4 nitrogen and oxygen atoms in total. The van der Waals surface area contributed by atoms with Crippen LogP contribution in [0.15, 0.2) is 19.9 Å². The molecule has 0 saturated heterocycles. The van der Waals surface area contributed by atoms with Crippen molar-refractivity contribution >= 4 is 31.9 Å². The maximum Gasteiger partial charge on any atom is 0.282 e. The largest absolute Gasteiger partial charge is 0.302 e. The molecule has 0 amide bonds. The van der Waals surface area contributed by atoms with Gasteiger partial charge in [0.05, 0.1) is 17.2 Å². The molecule has 0 saturated carbocycles. The van der Waals surface area contributed by atoms with E-state index >= 15 is 0 Å². The molecular formula is C10H15Br2N3O. The molecule has 0 aliphatic carbocycles. The fourth-order valence-corrected chi connectivity index (χ4v) is 1.95. The Bertz CT molecular complexity index is 402. The Morgan fingerprint density at radius 2 is 2.00 bits per heavy atom. The Labute approximate surface area is 112 Å². The summed E-state index contributed by atoms with van der Waals surface area (Å²) in [6, 6.07) is 0. The van der Waals surface area contributed by atoms with Crippen LogP contribution in [0.25, 0.3) is 0 Å². The fourth-order valence-electron chi connectivity index (χ4n) is 1.38. The zero-order chi connectivity index (χ0) is 12.1. The summed E-state index contributed by atoms with van der Waals surface area (Å²) < 4.78 is 2.70. The van der Waals surface area contributed by atoms with E-state index in [-0.39, 0.29) is 5.56 Å². The minimum Gasteiger partial charge on any atom is -0.302 e. The van der Waals surface area contributed by atoms with Gasteiger partial charge >= 0.3 is 0 Å². The van der Waals surface area contributed by atoms with Gasteiger partial charge in [0, 0.05) is 6.54 Å². The lowest BCUT2D eigenvalue weighted by atomic mass is 10.4. The van der Waals surface area contributed by atoms with E-state index in [1.54, 1.807) is 6.20 Å². The monoisotopic (exact) mass is 351 g/mol. The minimum atomic E-state index is -0.0958. The van der Waals surface area contributed by atoms with Gasteiger partial charge in [-0.25, -0.2) is 4.68 Å². The molecule has 1 heterocycles. The van der Waals surface area contributed by atoms with Crippen LogP contribution in [0.4, 0.5) is 0 Å². The van der Waals surface area contributed by atoms with Crippen LogP contribution < -0.4 is 5.56 Å². The van der Waals surface area contributed by atoms with Crippen LogP contribution in [-0.4, -0.2) is 34.3 Å². The van der Waals surface area contributed by atoms with Gasteiger partial charge in [-0.2, -0.15) is 5.10 Å². The van der Waals surface area contributed by atoms with E-state index in [1.165, 1.54) is 4.68 Å². The first-order valence-corrected chi connectivity index (χ1v) is 6.82. The van der Waals surface area contributed by atoms with Crippen LogP contribution in [0.1, 0.15) is 13.8 Å². The average molecular weight is 353 g/mol. The Morgan fingerprint density at radius 1 is 1.38 bits per heavy atom. The van der Waals surface area contributed by atoms with Crippen molar-refractivity contribution in [1.29, 1.82) is 0 Å². The van der Waals surface area contributed by atoms with E-state index in [4.69, 9.17) is 0 Å². The van der Waals surface area contributed by atoms with Crippen molar-refractivity contribution in [2.45, 2.75) is 20.4 Å². The van der Waals surface area contributed by atoms with Crippen LogP contribution in [0.3, 0.4) is 0 Å².